The molecule has 0 radical (unpaired) electrons. The SMILES string of the molecule is C[C@H]1C[C@H]1c1ccc(C(=O)Nc2ccc(S(=O)(=O)N(C)C)cc2)o1. The van der Waals surface area contributed by atoms with Gasteiger partial charge >= 0.3 is 0 Å². The van der Waals surface area contributed by atoms with Crippen LogP contribution in [0.5, 0.6) is 0 Å². The smallest absolute Gasteiger partial charge is 0.291 e. The number of carbonyl (C=O) groups is 1. The molecule has 2 aromatic rings. The molecule has 7 heteroatoms. The third-order valence-corrected chi connectivity index (χ3v) is 6.05. The highest BCUT2D eigenvalue weighted by atomic mass is 32.2. The van der Waals surface area contributed by atoms with Gasteiger partial charge in [-0.1, -0.05) is 6.92 Å². The van der Waals surface area contributed by atoms with Crippen molar-refractivity contribution in [1.29, 1.82) is 0 Å². The zero-order valence-electron chi connectivity index (χ0n) is 13.8. The monoisotopic (exact) mass is 348 g/mol. The van der Waals surface area contributed by atoms with Crippen molar-refractivity contribution in [2.75, 3.05) is 19.4 Å². The lowest BCUT2D eigenvalue weighted by Crippen LogP contribution is -2.22. The minimum Gasteiger partial charge on any atom is -0.456 e. The largest absolute Gasteiger partial charge is 0.456 e. The number of hydrogen-bond donors (Lipinski definition) is 1. The minimum absolute atomic E-state index is 0.175. The normalized spacial score (nSPS) is 20.2. The van der Waals surface area contributed by atoms with E-state index < -0.39 is 10.0 Å². The van der Waals surface area contributed by atoms with E-state index in [4.69, 9.17) is 4.42 Å². The maximum atomic E-state index is 12.2. The molecule has 128 valence electrons. The molecule has 0 spiro atoms. The van der Waals surface area contributed by atoms with Gasteiger partial charge in [0, 0.05) is 25.7 Å². The van der Waals surface area contributed by atoms with Gasteiger partial charge in [-0.2, -0.15) is 0 Å². The second kappa shape index (κ2) is 6.07. The number of nitrogens with zero attached hydrogens (tertiary/aromatic N) is 1. The average molecular weight is 348 g/mol. The van der Waals surface area contributed by atoms with E-state index in [1.807, 2.05) is 6.07 Å². The van der Waals surface area contributed by atoms with Gasteiger partial charge in [-0.3, -0.25) is 4.79 Å². The molecule has 0 aliphatic heterocycles. The molecule has 1 aliphatic carbocycles. The second-order valence-electron chi connectivity index (χ2n) is 6.29. The van der Waals surface area contributed by atoms with Crippen molar-refractivity contribution in [1.82, 2.24) is 4.31 Å². The Morgan fingerprint density at radius 2 is 1.79 bits per heavy atom. The summed E-state index contributed by atoms with van der Waals surface area (Å²) in [5.74, 6) is 1.78. The van der Waals surface area contributed by atoms with Crippen LogP contribution >= 0.6 is 0 Å². The van der Waals surface area contributed by atoms with Crippen LogP contribution < -0.4 is 5.32 Å². The Morgan fingerprint density at radius 3 is 2.33 bits per heavy atom. The summed E-state index contributed by atoms with van der Waals surface area (Å²) in [7, 11) is -0.532. The molecule has 1 aromatic carbocycles. The fourth-order valence-corrected chi connectivity index (χ4v) is 3.41. The van der Waals surface area contributed by atoms with E-state index in [1.54, 1.807) is 18.2 Å². The highest BCUT2D eigenvalue weighted by Crippen LogP contribution is 2.47. The number of rotatable bonds is 5. The Labute approximate surface area is 141 Å². The molecule has 1 aliphatic rings. The van der Waals surface area contributed by atoms with Crippen LogP contribution in [0, 0.1) is 5.92 Å². The van der Waals surface area contributed by atoms with Crippen LogP contribution in [0.1, 0.15) is 35.6 Å². The van der Waals surface area contributed by atoms with Gasteiger partial charge in [-0.05, 0) is 48.7 Å². The van der Waals surface area contributed by atoms with Crippen molar-refractivity contribution in [3.63, 3.8) is 0 Å². The van der Waals surface area contributed by atoms with Crippen LogP contribution in [0.3, 0.4) is 0 Å². The average Bonchev–Trinajstić information content (AvgIpc) is 3.07. The first-order chi connectivity index (χ1) is 11.3. The summed E-state index contributed by atoms with van der Waals surface area (Å²) in [6.07, 6.45) is 1.09. The molecule has 1 N–H and O–H groups in total. The zero-order chi connectivity index (χ0) is 17.5. The fraction of sp³-hybridized carbons (Fsp3) is 0.353. The van der Waals surface area contributed by atoms with E-state index in [-0.39, 0.29) is 16.6 Å². The van der Waals surface area contributed by atoms with Crippen molar-refractivity contribution >= 4 is 21.6 Å². The fourth-order valence-electron chi connectivity index (χ4n) is 2.51. The number of sulfonamides is 1. The van der Waals surface area contributed by atoms with Gasteiger partial charge in [0.25, 0.3) is 5.91 Å². The third-order valence-electron chi connectivity index (χ3n) is 4.22. The van der Waals surface area contributed by atoms with Crippen LogP contribution in [0.2, 0.25) is 0 Å². The summed E-state index contributed by atoms with van der Waals surface area (Å²) in [5.41, 5.74) is 0.510. The summed E-state index contributed by atoms with van der Waals surface area (Å²) in [4.78, 5) is 12.4. The number of carbonyl (C=O) groups excluding carboxylic acids is 1. The molecule has 1 saturated carbocycles. The molecular weight excluding hydrogens is 328 g/mol. The molecule has 3 rings (SSSR count). The maximum absolute atomic E-state index is 12.2. The van der Waals surface area contributed by atoms with Crippen LogP contribution in [-0.4, -0.2) is 32.7 Å². The Morgan fingerprint density at radius 1 is 1.17 bits per heavy atom. The van der Waals surface area contributed by atoms with E-state index in [9.17, 15) is 13.2 Å². The van der Waals surface area contributed by atoms with E-state index >= 15 is 0 Å². The summed E-state index contributed by atoms with van der Waals surface area (Å²) in [5, 5.41) is 2.71. The van der Waals surface area contributed by atoms with Crippen LogP contribution in [0.4, 0.5) is 5.69 Å². The molecule has 24 heavy (non-hydrogen) atoms. The van der Waals surface area contributed by atoms with Crippen molar-refractivity contribution in [3.05, 3.63) is 47.9 Å². The molecule has 0 saturated heterocycles. The molecule has 6 nitrogen and oxygen atoms in total. The summed E-state index contributed by atoms with van der Waals surface area (Å²) in [6.45, 7) is 2.15. The van der Waals surface area contributed by atoms with Crippen LogP contribution in [-0.2, 0) is 10.0 Å². The van der Waals surface area contributed by atoms with Gasteiger partial charge < -0.3 is 9.73 Å². The third kappa shape index (κ3) is 3.22. The Kier molecular flexibility index (Phi) is 4.23. The molecule has 0 bridgehead atoms. The van der Waals surface area contributed by atoms with Crippen molar-refractivity contribution in [3.8, 4) is 0 Å². The maximum Gasteiger partial charge on any atom is 0.291 e. The van der Waals surface area contributed by atoms with Crippen molar-refractivity contribution in [2.45, 2.75) is 24.2 Å². The van der Waals surface area contributed by atoms with Crippen molar-refractivity contribution in [2.24, 2.45) is 5.92 Å². The second-order valence-corrected chi connectivity index (χ2v) is 8.44. The molecule has 0 unspecified atom stereocenters. The Hall–Kier alpha value is -2.12. The number of benzene rings is 1. The molecule has 1 fully saturated rings. The number of amides is 1. The van der Waals surface area contributed by atoms with Crippen molar-refractivity contribution < 1.29 is 17.6 Å². The van der Waals surface area contributed by atoms with Crippen LogP contribution in [0.25, 0.3) is 0 Å². The topological polar surface area (TPSA) is 79.6 Å². The Bertz CT molecular complexity index is 853. The lowest BCUT2D eigenvalue weighted by Gasteiger charge is -2.11. The van der Waals surface area contributed by atoms with Gasteiger partial charge in [-0.25, -0.2) is 12.7 Å². The van der Waals surface area contributed by atoms with Gasteiger partial charge in [0.05, 0.1) is 4.90 Å². The number of hydrogen-bond acceptors (Lipinski definition) is 4. The first-order valence-electron chi connectivity index (χ1n) is 7.72. The van der Waals surface area contributed by atoms with E-state index in [0.717, 1.165) is 16.5 Å². The molecule has 1 amide bonds. The van der Waals surface area contributed by atoms with Crippen LogP contribution in [0.15, 0.2) is 45.7 Å². The molecular formula is C17H20N2O4S. The van der Waals surface area contributed by atoms with Gasteiger partial charge in [-0.15, -0.1) is 0 Å². The zero-order valence-corrected chi connectivity index (χ0v) is 14.6. The summed E-state index contributed by atoms with van der Waals surface area (Å²) >= 11 is 0. The number of nitrogens with one attached hydrogen (secondary N) is 1. The summed E-state index contributed by atoms with van der Waals surface area (Å²) in [6, 6.07) is 9.55. The standard InChI is InChI=1S/C17H20N2O4S/c1-11-10-14(11)15-8-9-16(23-15)17(20)18-12-4-6-13(7-5-12)24(21,22)19(2)3/h4-9,11,14H,10H2,1-3H3,(H,18,20)/t11-,14+/m0/s1. The lowest BCUT2D eigenvalue weighted by atomic mass is 10.3. The van der Waals surface area contributed by atoms with Gasteiger partial charge in [0.2, 0.25) is 10.0 Å². The predicted molar refractivity (Wildman–Crippen MR) is 90.5 cm³/mol. The predicted octanol–water partition coefficient (Wildman–Crippen LogP) is 2.91. The quantitative estimate of drug-likeness (QED) is 0.901. The molecule has 1 aromatic heterocycles. The number of furan rings is 1. The van der Waals surface area contributed by atoms with Gasteiger partial charge in [0.1, 0.15) is 5.76 Å². The van der Waals surface area contributed by atoms with Gasteiger partial charge in [0.15, 0.2) is 5.76 Å². The molecule has 2 atom stereocenters. The van der Waals surface area contributed by atoms with E-state index in [0.29, 0.717) is 17.5 Å². The summed E-state index contributed by atoms with van der Waals surface area (Å²) < 4.78 is 30.8. The minimum atomic E-state index is -3.48. The first-order valence-corrected chi connectivity index (χ1v) is 9.16. The highest BCUT2D eigenvalue weighted by Gasteiger charge is 2.37. The first kappa shape index (κ1) is 16.7. The number of anilines is 1. The lowest BCUT2D eigenvalue weighted by molar-refractivity contribution is 0.0995. The highest BCUT2D eigenvalue weighted by molar-refractivity contribution is 7.89. The Balaban J connectivity index is 1.70. The molecule has 1 heterocycles. The van der Waals surface area contributed by atoms with E-state index in [2.05, 4.69) is 12.2 Å². The van der Waals surface area contributed by atoms with E-state index in [1.165, 1.54) is 26.2 Å².